The lowest BCUT2D eigenvalue weighted by molar-refractivity contribution is 0.321. The van der Waals surface area contributed by atoms with Crippen molar-refractivity contribution in [2.45, 2.75) is 115 Å². The van der Waals surface area contributed by atoms with Gasteiger partial charge in [-0.1, -0.05) is 104 Å². The van der Waals surface area contributed by atoms with E-state index in [4.69, 9.17) is 5.11 Å². The monoisotopic (exact) mass is 346 g/mol. The van der Waals surface area contributed by atoms with Crippen molar-refractivity contribution in [3.63, 3.8) is 0 Å². The van der Waals surface area contributed by atoms with Gasteiger partial charge >= 0.3 is 0 Å². The summed E-state index contributed by atoms with van der Waals surface area (Å²) >= 11 is 0. The number of aliphatic hydroxyl groups excluding tert-OH is 1. The summed E-state index contributed by atoms with van der Waals surface area (Å²) < 4.78 is 11.7. The Morgan fingerprint density at radius 3 is 1.52 bits per heavy atom. The molecule has 0 aromatic heterocycles. The molecule has 0 rings (SSSR count). The highest BCUT2D eigenvalue weighted by Crippen LogP contribution is 2.14. The minimum Gasteiger partial charge on any atom is -0.395 e. The van der Waals surface area contributed by atoms with E-state index in [1.807, 2.05) is 6.92 Å². The van der Waals surface area contributed by atoms with Gasteiger partial charge < -0.3 is 5.11 Å². The largest absolute Gasteiger partial charge is 0.395 e. The quantitative estimate of drug-likeness (QED) is 0.310. The molecular formula is C20H42O2S. The molecule has 0 spiro atoms. The molecule has 3 heteroatoms. The van der Waals surface area contributed by atoms with E-state index in [1.165, 1.54) is 89.9 Å². The molecular weight excluding hydrogens is 304 g/mol. The van der Waals surface area contributed by atoms with E-state index >= 15 is 0 Å². The molecule has 2 nitrogen and oxygen atoms in total. The average molecular weight is 347 g/mol. The second-order valence-electron chi connectivity index (χ2n) is 7.00. The normalized spacial score (nSPS) is 14.0. The maximum Gasteiger partial charge on any atom is 0.0546 e. The van der Waals surface area contributed by atoms with Crippen LogP contribution in [0.3, 0.4) is 0 Å². The Morgan fingerprint density at radius 2 is 1.13 bits per heavy atom. The number of hydrogen-bond acceptors (Lipinski definition) is 2. The number of hydrogen-bond donors (Lipinski definition) is 1. The lowest BCUT2D eigenvalue weighted by atomic mass is 10.0. The SMILES string of the molecule is CCCCCCCCCCCCCCCCC(C)S(=O)CCO. The lowest BCUT2D eigenvalue weighted by Gasteiger charge is -2.10. The van der Waals surface area contributed by atoms with Gasteiger partial charge in [-0.3, -0.25) is 4.21 Å². The zero-order valence-electron chi connectivity index (χ0n) is 15.9. The van der Waals surface area contributed by atoms with Crippen molar-refractivity contribution < 1.29 is 9.32 Å². The van der Waals surface area contributed by atoms with Gasteiger partial charge in [0.15, 0.2) is 0 Å². The predicted octanol–water partition coefficient (Wildman–Crippen LogP) is 5.99. The summed E-state index contributed by atoms with van der Waals surface area (Å²) in [6.45, 7) is 4.38. The molecule has 1 N–H and O–H groups in total. The molecule has 0 saturated carbocycles. The summed E-state index contributed by atoms with van der Waals surface area (Å²) in [6, 6.07) is 0. The molecule has 0 aromatic carbocycles. The molecule has 0 aliphatic heterocycles. The van der Waals surface area contributed by atoms with Gasteiger partial charge in [0.1, 0.15) is 0 Å². The Morgan fingerprint density at radius 1 is 0.739 bits per heavy atom. The van der Waals surface area contributed by atoms with Crippen molar-refractivity contribution in [2.75, 3.05) is 12.4 Å². The Hall–Kier alpha value is 0.110. The van der Waals surface area contributed by atoms with Crippen LogP contribution in [0.2, 0.25) is 0 Å². The van der Waals surface area contributed by atoms with Gasteiger partial charge in [0, 0.05) is 21.8 Å². The lowest BCUT2D eigenvalue weighted by Crippen LogP contribution is -2.15. The zero-order chi connectivity index (χ0) is 17.2. The molecule has 0 heterocycles. The highest BCUT2D eigenvalue weighted by molar-refractivity contribution is 7.85. The van der Waals surface area contributed by atoms with E-state index in [0.717, 1.165) is 6.42 Å². The molecule has 0 saturated heterocycles. The number of rotatable bonds is 18. The highest BCUT2D eigenvalue weighted by Gasteiger charge is 2.09. The van der Waals surface area contributed by atoms with Crippen molar-refractivity contribution in [2.24, 2.45) is 0 Å². The van der Waals surface area contributed by atoms with Crippen LogP contribution in [0.25, 0.3) is 0 Å². The molecule has 140 valence electrons. The number of aliphatic hydroxyl groups is 1. The van der Waals surface area contributed by atoms with E-state index < -0.39 is 10.8 Å². The smallest absolute Gasteiger partial charge is 0.0546 e. The van der Waals surface area contributed by atoms with Gasteiger partial charge in [0.2, 0.25) is 0 Å². The Bertz CT molecular complexity index is 256. The van der Waals surface area contributed by atoms with Crippen LogP contribution in [0.4, 0.5) is 0 Å². The molecule has 0 bridgehead atoms. The topological polar surface area (TPSA) is 37.3 Å². The van der Waals surface area contributed by atoms with Crippen LogP contribution in [0.15, 0.2) is 0 Å². The molecule has 0 aromatic rings. The van der Waals surface area contributed by atoms with Crippen molar-refractivity contribution in [1.29, 1.82) is 0 Å². The average Bonchev–Trinajstić information content (AvgIpc) is 2.55. The predicted molar refractivity (Wildman–Crippen MR) is 104 cm³/mol. The first-order valence-corrected chi connectivity index (χ1v) is 11.6. The van der Waals surface area contributed by atoms with Crippen LogP contribution < -0.4 is 0 Å². The molecule has 23 heavy (non-hydrogen) atoms. The van der Waals surface area contributed by atoms with Crippen LogP contribution in [0.1, 0.15) is 110 Å². The summed E-state index contributed by atoms with van der Waals surface area (Å²) in [4.78, 5) is 0. The second kappa shape index (κ2) is 18.4. The first-order valence-electron chi connectivity index (χ1n) is 10.2. The number of unbranched alkanes of at least 4 members (excludes halogenated alkanes) is 13. The van der Waals surface area contributed by atoms with Gasteiger partial charge in [0.25, 0.3) is 0 Å². The summed E-state index contributed by atoms with van der Waals surface area (Å²) in [5.74, 6) is 0.444. The van der Waals surface area contributed by atoms with E-state index in [9.17, 15) is 4.21 Å². The molecule has 2 atom stereocenters. The minimum atomic E-state index is -0.832. The summed E-state index contributed by atoms with van der Waals surface area (Å²) in [5, 5.41) is 9.04. The van der Waals surface area contributed by atoms with E-state index in [2.05, 4.69) is 6.92 Å². The van der Waals surface area contributed by atoms with Gasteiger partial charge in [-0.2, -0.15) is 0 Å². The summed E-state index contributed by atoms with van der Waals surface area (Å²) in [5.41, 5.74) is 0. The van der Waals surface area contributed by atoms with E-state index in [1.54, 1.807) is 0 Å². The van der Waals surface area contributed by atoms with Crippen LogP contribution in [-0.4, -0.2) is 26.9 Å². The van der Waals surface area contributed by atoms with Crippen molar-refractivity contribution in [1.82, 2.24) is 0 Å². The third-order valence-electron chi connectivity index (χ3n) is 4.71. The van der Waals surface area contributed by atoms with Gasteiger partial charge in [-0.15, -0.1) is 0 Å². The second-order valence-corrected chi connectivity index (χ2v) is 8.98. The standard InChI is InChI=1S/C20H42O2S/c1-3-4-5-6-7-8-9-10-11-12-13-14-15-16-17-20(2)23(22)19-18-21/h20-21H,3-19H2,1-2H3. The van der Waals surface area contributed by atoms with E-state index in [-0.39, 0.29) is 11.9 Å². The van der Waals surface area contributed by atoms with Crippen molar-refractivity contribution in [3.8, 4) is 0 Å². The fourth-order valence-electron chi connectivity index (χ4n) is 3.05. The third-order valence-corrected chi connectivity index (χ3v) is 6.42. The zero-order valence-corrected chi connectivity index (χ0v) is 16.7. The maximum atomic E-state index is 11.7. The van der Waals surface area contributed by atoms with Gasteiger partial charge in [-0.05, 0) is 6.42 Å². The molecule has 0 aliphatic rings. The Kier molecular flexibility index (Phi) is 18.5. The van der Waals surface area contributed by atoms with E-state index in [0.29, 0.717) is 5.75 Å². The molecule has 2 unspecified atom stereocenters. The fourth-order valence-corrected chi connectivity index (χ4v) is 4.06. The van der Waals surface area contributed by atoms with Crippen molar-refractivity contribution >= 4 is 10.8 Å². The Labute approximate surface area is 148 Å². The van der Waals surface area contributed by atoms with Crippen LogP contribution >= 0.6 is 0 Å². The summed E-state index contributed by atoms with van der Waals surface area (Å²) in [7, 11) is -0.832. The van der Waals surface area contributed by atoms with Gasteiger partial charge in [0.05, 0.1) is 6.61 Å². The van der Waals surface area contributed by atoms with Crippen LogP contribution in [-0.2, 0) is 10.8 Å². The molecule has 0 amide bonds. The fraction of sp³-hybridized carbons (Fsp3) is 1.00. The first-order chi connectivity index (χ1) is 11.2. The maximum absolute atomic E-state index is 11.7. The highest BCUT2D eigenvalue weighted by atomic mass is 32.2. The molecule has 0 radical (unpaired) electrons. The van der Waals surface area contributed by atoms with Gasteiger partial charge in [-0.25, -0.2) is 0 Å². The molecule has 0 fully saturated rings. The first kappa shape index (κ1) is 23.1. The summed E-state index contributed by atoms with van der Waals surface area (Å²) in [6.07, 6.45) is 20.4. The minimum absolute atomic E-state index is 0.0513. The van der Waals surface area contributed by atoms with Crippen LogP contribution in [0, 0.1) is 0 Å². The van der Waals surface area contributed by atoms with Crippen LogP contribution in [0.5, 0.6) is 0 Å². The third kappa shape index (κ3) is 16.7. The van der Waals surface area contributed by atoms with Crippen molar-refractivity contribution in [3.05, 3.63) is 0 Å². The Balaban J connectivity index is 3.14. The molecule has 0 aliphatic carbocycles.